The van der Waals surface area contributed by atoms with Crippen LogP contribution < -0.4 is 11.1 Å². The molecule has 0 spiro atoms. The number of nitrogens with one attached hydrogen (secondary N) is 1. The van der Waals surface area contributed by atoms with Crippen LogP contribution in [-0.2, 0) is 11.2 Å². The predicted molar refractivity (Wildman–Crippen MR) is 63.9 cm³/mol. The fraction of sp³-hybridized carbons (Fsp3) is 0.462. The average Bonchev–Trinajstić information content (AvgIpc) is 3.02. The van der Waals surface area contributed by atoms with Crippen LogP contribution in [0, 0.1) is 5.82 Å². The summed E-state index contributed by atoms with van der Waals surface area (Å²) < 4.78 is 13.4. The lowest BCUT2D eigenvalue weighted by Crippen LogP contribution is -2.48. The van der Waals surface area contributed by atoms with E-state index in [2.05, 4.69) is 5.32 Å². The second-order valence-corrected chi connectivity index (χ2v) is 4.79. The van der Waals surface area contributed by atoms with Gasteiger partial charge in [-0.25, -0.2) is 4.39 Å². The largest absolute Gasteiger partial charge is 0.368 e. The summed E-state index contributed by atoms with van der Waals surface area (Å²) in [5.74, 6) is -0.511. The summed E-state index contributed by atoms with van der Waals surface area (Å²) >= 11 is 0. The lowest BCUT2D eigenvalue weighted by atomic mass is 10.1. The number of carbonyl (C=O) groups is 1. The summed E-state index contributed by atoms with van der Waals surface area (Å²) in [6.45, 7) is 1.94. The van der Waals surface area contributed by atoms with Gasteiger partial charge >= 0.3 is 0 Å². The lowest BCUT2D eigenvalue weighted by molar-refractivity contribution is -0.121. The lowest BCUT2D eigenvalue weighted by Gasteiger charge is -2.20. The Kier molecular flexibility index (Phi) is 3.15. The molecule has 1 fully saturated rings. The Bertz CT molecular complexity index is 429. The molecule has 0 heterocycles. The molecule has 3 nitrogen and oxygen atoms in total. The van der Waals surface area contributed by atoms with Gasteiger partial charge in [0.1, 0.15) is 5.82 Å². The molecule has 1 aliphatic rings. The molecule has 0 unspecified atom stereocenters. The van der Waals surface area contributed by atoms with Crippen molar-refractivity contribution in [3.05, 3.63) is 35.6 Å². The van der Waals surface area contributed by atoms with Gasteiger partial charge < -0.3 is 11.1 Å². The van der Waals surface area contributed by atoms with Gasteiger partial charge in [0.05, 0.1) is 5.54 Å². The zero-order valence-corrected chi connectivity index (χ0v) is 9.87. The van der Waals surface area contributed by atoms with Crippen molar-refractivity contribution >= 4 is 5.91 Å². The monoisotopic (exact) mass is 236 g/mol. The number of hydrogen-bond donors (Lipinski definition) is 2. The van der Waals surface area contributed by atoms with Crippen molar-refractivity contribution in [3.63, 3.8) is 0 Å². The maximum atomic E-state index is 13.4. The molecule has 1 amide bonds. The molecule has 92 valence electrons. The first-order chi connectivity index (χ1) is 8.03. The molecule has 0 aliphatic heterocycles. The molecule has 1 aromatic rings. The minimum atomic E-state index is -0.537. The Labute approximate surface area is 100 Å². The van der Waals surface area contributed by atoms with E-state index in [1.54, 1.807) is 12.1 Å². The Morgan fingerprint density at radius 2 is 2.18 bits per heavy atom. The van der Waals surface area contributed by atoms with E-state index in [-0.39, 0.29) is 17.8 Å². The normalized spacial score (nSPS) is 18.7. The fourth-order valence-electron chi connectivity index (χ4n) is 2.10. The predicted octanol–water partition coefficient (Wildman–Crippen LogP) is 1.36. The number of nitrogens with two attached hydrogens (primary N) is 1. The molecule has 1 atom stereocenters. The SMILES string of the molecule is C[C@H](Cc1ccccc1F)NC1(C(N)=O)CC1. The van der Waals surface area contributed by atoms with Crippen molar-refractivity contribution in [3.8, 4) is 0 Å². The maximum absolute atomic E-state index is 13.4. The van der Waals surface area contributed by atoms with E-state index in [9.17, 15) is 9.18 Å². The van der Waals surface area contributed by atoms with Gasteiger partial charge in [-0.3, -0.25) is 4.79 Å². The van der Waals surface area contributed by atoms with Gasteiger partial charge in [-0.05, 0) is 37.8 Å². The van der Waals surface area contributed by atoms with Crippen molar-refractivity contribution in [1.82, 2.24) is 5.32 Å². The highest BCUT2D eigenvalue weighted by molar-refractivity contribution is 5.87. The third-order valence-electron chi connectivity index (χ3n) is 3.23. The van der Waals surface area contributed by atoms with E-state index in [0.29, 0.717) is 12.0 Å². The van der Waals surface area contributed by atoms with Gasteiger partial charge in [0.2, 0.25) is 5.91 Å². The van der Waals surface area contributed by atoms with Crippen molar-refractivity contribution in [2.45, 2.75) is 37.8 Å². The van der Waals surface area contributed by atoms with Crippen LogP contribution in [0.1, 0.15) is 25.3 Å². The van der Waals surface area contributed by atoms with E-state index in [1.807, 2.05) is 13.0 Å². The van der Waals surface area contributed by atoms with E-state index in [0.717, 1.165) is 12.8 Å². The highest BCUT2D eigenvalue weighted by Crippen LogP contribution is 2.35. The molecule has 1 saturated carbocycles. The van der Waals surface area contributed by atoms with Gasteiger partial charge in [-0.15, -0.1) is 0 Å². The summed E-state index contributed by atoms with van der Waals surface area (Å²) in [5, 5.41) is 3.20. The second kappa shape index (κ2) is 4.45. The highest BCUT2D eigenvalue weighted by Gasteiger charge is 2.48. The molecule has 17 heavy (non-hydrogen) atoms. The van der Waals surface area contributed by atoms with Gasteiger partial charge in [0.25, 0.3) is 0 Å². The Morgan fingerprint density at radius 1 is 1.53 bits per heavy atom. The summed E-state index contributed by atoms with van der Waals surface area (Å²) in [4.78, 5) is 11.2. The molecule has 2 rings (SSSR count). The maximum Gasteiger partial charge on any atom is 0.237 e. The first-order valence-corrected chi connectivity index (χ1v) is 5.84. The molecule has 0 radical (unpaired) electrons. The first kappa shape index (κ1) is 12.0. The Morgan fingerprint density at radius 3 is 2.71 bits per heavy atom. The quantitative estimate of drug-likeness (QED) is 0.811. The molecule has 1 aromatic carbocycles. The number of benzene rings is 1. The zero-order chi connectivity index (χ0) is 12.5. The van der Waals surface area contributed by atoms with Crippen molar-refractivity contribution in [1.29, 1.82) is 0 Å². The molecule has 0 bridgehead atoms. The molecule has 0 aromatic heterocycles. The molecular formula is C13H17FN2O. The smallest absolute Gasteiger partial charge is 0.237 e. The minimum absolute atomic E-state index is 0.0295. The zero-order valence-electron chi connectivity index (χ0n) is 9.87. The van der Waals surface area contributed by atoms with Crippen LogP contribution in [0.4, 0.5) is 4.39 Å². The van der Waals surface area contributed by atoms with Gasteiger partial charge in [-0.2, -0.15) is 0 Å². The van der Waals surface area contributed by atoms with Crippen LogP contribution >= 0.6 is 0 Å². The number of halogens is 1. The van der Waals surface area contributed by atoms with Gasteiger partial charge in [-0.1, -0.05) is 18.2 Å². The standard InChI is InChI=1S/C13H17FN2O/c1-9(16-13(6-7-13)12(15)17)8-10-4-2-3-5-11(10)14/h2-5,9,16H,6-8H2,1H3,(H2,15,17)/t9-/m1/s1. The number of hydrogen-bond acceptors (Lipinski definition) is 2. The summed E-state index contributed by atoms with van der Waals surface area (Å²) in [6.07, 6.45) is 2.12. The third kappa shape index (κ3) is 2.64. The molecule has 4 heteroatoms. The number of carbonyl (C=O) groups excluding carboxylic acids is 1. The molecule has 1 aliphatic carbocycles. The van der Waals surface area contributed by atoms with Crippen LogP contribution in [0.2, 0.25) is 0 Å². The topological polar surface area (TPSA) is 55.1 Å². The van der Waals surface area contributed by atoms with Crippen LogP contribution in [-0.4, -0.2) is 17.5 Å². The van der Waals surface area contributed by atoms with Crippen LogP contribution in [0.15, 0.2) is 24.3 Å². The van der Waals surface area contributed by atoms with Crippen LogP contribution in [0.5, 0.6) is 0 Å². The molecular weight excluding hydrogens is 219 g/mol. The molecule has 3 N–H and O–H groups in total. The minimum Gasteiger partial charge on any atom is -0.368 e. The number of amides is 1. The third-order valence-corrected chi connectivity index (χ3v) is 3.23. The number of rotatable bonds is 5. The van der Waals surface area contributed by atoms with E-state index >= 15 is 0 Å². The Balaban J connectivity index is 1.96. The summed E-state index contributed by atoms with van der Waals surface area (Å²) in [5.41, 5.74) is 5.45. The van der Waals surface area contributed by atoms with E-state index < -0.39 is 5.54 Å². The number of primary amides is 1. The summed E-state index contributed by atoms with van der Waals surface area (Å²) in [6, 6.07) is 6.72. The van der Waals surface area contributed by atoms with E-state index in [4.69, 9.17) is 5.73 Å². The van der Waals surface area contributed by atoms with Crippen LogP contribution in [0.3, 0.4) is 0 Å². The fourth-order valence-corrected chi connectivity index (χ4v) is 2.10. The van der Waals surface area contributed by atoms with E-state index in [1.165, 1.54) is 6.07 Å². The van der Waals surface area contributed by atoms with Gasteiger partial charge in [0, 0.05) is 6.04 Å². The molecule has 0 saturated heterocycles. The second-order valence-electron chi connectivity index (χ2n) is 4.79. The highest BCUT2D eigenvalue weighted by atomic mass is 19.1. The Hall–Kier alpha value is -1.42. The summed E-state index contributed by atoms with van der Waals surface area (Å²) in [7, 11) is 0. The van der Waals surface area contributed by atoms with Gasteiger partial charge in [0.15, 0.2) is 0 Å². The first-order valence-electron chi connectivity index (χ1n) is 5.84. The van der Waals surface area contributed by atoms with Crippen molar-refractivity contribution < 1.29 is 9.18 Å². The van der Waals surface area contributed by atoms with Crippen LogP contribution in [0.25, 0.3) is 0 Å². The van der Waals surface area contributed by atoms with Crippen molar-refractivity contribution in [2.75, 3.05) is 0 Å². The van der Waals surface area contributed by atoms with Crippen molar-refractivity contribution in [2.24, 2.45) is 5.73 Å². The average molecular weight is 236 g/mol.